The standard InChI is InChI=1S/C20H24BrNO3/c1-13(2)25-18-7-5-16(6-8-18)11-22-19(23)12-24-20-14(3)9-17(21)10-15(20)4/h5-10,13H,11-12H2,1-4H3,(H,22,23). The first kappa shape index (κ1) is 19.3. The highest BCUT2D eigenvalue weighted by atomic mass is 79.9. The third-order valence-electron chi connectivity index (χ3n) is 3.56. The molecule has 0 fully saturated rings. The van der Waals surface area contributed by atoms with Crippen molar-refractivity contribution < 1.29 is 14.3 Å². The maximum absolute atomic E-state index is 12.0. The van der Waals surface area contributed by atoms with E-state index in [1.165, 1.54) is 0 Å². The molecule has 2 rings (SSSR count). The van der Waals surface area contributed by atoms with Crippen LogP contribution in [0.1, 0.15) is 30.5 Å². The molecular weight excluding hydrogens is 382 g/mol. The number of hydrogen-bond acceptors (Lipinski definition) is 3. The molecule has 0 aliphatic carbocycles. The summed E-state index contributed by atoms with van der Waals surface area (Å²) in [5.41, 5.74) is 3.02. The Morgan fingerprint density at radius 2 is 1.72 bits per heavy atom. The van der Waals surface area contributed by atoms with Crippen LogP contribution in [0.15, 0.2) is 40.9 Å². The molecule has 0 bridgehead atoms. The van der Waals surface area contributed by atoms with E-state index in [0.717, 1.165) is 32.7 Å². The van der Waals surface area contributed by atoms with Crippen LogP contribution in [-0.4, -0.2) is 18.6 Å². The van der Waals surface area contributed by atoms with Gasteiger partial charge in [-0.2, -0.15) is 0 Å². The largest absolute Gasteiger partial charge is 0.491 e. The summed E-state index contributed by atoms with van der Waals surface area (Å²) >= 11 is 3.45. The van der Waals surface area contributed by atoms with Crippen LogP contribution < -0.4 is 14.8 Å². The maximum Gasteiger partial charge on any atom is 0.258 e. The van der Waals surface area contributed by atoms with Crippen molar-refractivity contribution in [1.82, 2.24) is 5.32 Å². The molecule has 2 aromatic rings. The van der Waals surface area contributed by atoms with Crippen molar-refractivity contribution in [2.45, 2.75) is 40.3 Å². The molecule has 0 aliphatic heterocycles. The summed E-state index contributed by atoms with van der Waals surface area (Å²) in [4.78, 5) is 12.0. The summed E-state index contributed by atoms with van der Waals surface area (Å²) < 4.78 is 12.3. The summed E-state index contributed by atoms with van der Waals surface area (Å²) in [6, 6.07) is 11.7. The van der Waals surface area contributed by atoms with Crippen LogP contribution in [0, 0.1) is 13.8 Å². The van der Waals surface area contributed by atoms with E-state index in [2.05, 4.69) is 21.2 Å². The fourth-order valence-electron chi connectivity index (χ4n) is 2.47. The van der Waals surface area contributed by atoms with Gasteiger partial charge in [0.05, 0.1) is 6.10 Å². The van der Waals surface area contributed by atoms with E-state index in [0.29, 0.717) is 6.54 Å². The van der Waals surface area contributed by atoms with Gasteiger partial charge in [-0.15, -0.1) is 0 Å². The fourth-order valence-corrected chi connectivity index (χ4v) is 3.16. The highest BCUT2D eigenvalue weighted by Crippen LogP contribution is 2.27. The van der Waals surface area contributed by atoms with Crippen molar-refractivity contribution >= 4 is 21.8 Å². The molecule has 0 aliphatic rings. The van der Waals surface area contributed by atoms with E-state index in [4.69, 9.17) is 9.47 Å². The van der Waals surface area contributed by atoms with Crippen molar-refractivity contribution in [2.75, 3.05) is 6.61 Å². The van der Waals surface area contributed by atoms with Crippen LogP contribution in [0.4, 0.5) is 0 Å². The van der Waals surface area contributed by atoms with Gasteiger partial charge in [0.1, 0.15) is 11.5 Å². The zero-order valence-electron chi connectivity index (χ0n) is 15.1. The summed E-state index contributed by atoms with van der Waals surface area (Å²) in [6.07, 6.45) is 0.147. The highest BCUT2D eigenvalue weighted by Gasteiger charge is 2.09. The van der Waals surface area contributed by atoms with Gasteiger partial charge < -0.3 is 14.8 Å². The molecule has 0 radical (unpaired) electrons. The number of carbonyl (C=O) groups is 1. The van der Waals surface area contributed by atoms with Crippen molar-refractivity contribution in [3.05, 3.63) is 57.6 Å². The maximum atomic E-state index is 12.0. The number of carbonyl (C=O) groups excluding carboxylic acids is 1. The lowest BCUT2D eigenvalue weighted by Crippen LogP contribution is -2.28. The number of rotatable bonds is 7. The molecule has 134 valence electrons. The lowest BCUT2D eigenvalue weighted by Gasteiger charge is -2.13. The molecule has 2 aromatic carbocycles. The highest BCUT2D eigenvalue weighted by molar-refractivity contribution is 9.10. The zero-order chi connectivity index (χ0) is 18.4. The number of amides is 1. The average Bonchev–Trinajstić information content (AvgIpc) is 2.52. The van der Waals surface area contributed by atoms with E-state index in [-0.39, 0.29) is 18.6 Å². The van der Waals surface area contributed by atoms with Gasteiger partial charge in [-0.25, -0.2) is 0 Å². The number of ether oxygens (including phenoxy) is 2. The van der Waals surface area contributed by atoms with Crippen molar-refractivity contribution in [3.8, 4) is 11.5 Å². The molecule has 0 atom stereocenters. The van der Waals surface area contributed by atoms with E-state index >= 15 is 0 Å². The molecule has 1 N–H and O–H groups in total. The second-order valence-corrected chi connectivity index (χ2v) is 7.16. The van der Waals surface area contributed by atoms with Gasteiger partial charge in [0.2, 0.25) is 0 Å². The Balaban J connectivity index is 1.83. The van der Waals surface area contributed by atoms with Crippen LogP contribution in [0.5, 0.6) is 11.5 Å². The van der Waals surface area contributed by atoms with E-state index < -0.39 is 0 Å². The van der Waals surface area contributed by atoms with Crippen LogP contribution in [0.2, 0.25) is 0 Å². The average molecular weight is 406 g/mol. The molecule has 0 unspecified atom stereocenters. The molecule has 0 heterocycles. The number of benzene rings is 2. The molecule has 25 heavy (non-hydrogen) atoms. The van der Waals surface area contributed by atoms with Crippen molar-refractivity contribution in [3.63, 3.8) is 0 Å². The Morgan fingerprint density at radius 1 is 1.12 bits per heavy atom. The third-order valence-corrected chi connectivity index (χ3v) is 4.02. The second-order valence-electron chi connectivity index (χ2n) is 6.24. The van der Waals surface area contributed by atoms with Crippen molar-refractivity contribution in [2.24, 2.45) is 0 Å². The van der Waals surface area contributed by atoms with Gasteiger partial charge in [0, 0.05) is 11.0 Å². The number of halogens is 1. The first-order valence-corrected chi connectivity index (χ1v) is 9.06. The summed E-state index contributed by atoms with van der Waals surface area (Å²) in [7, 11) is 0. The summed E-state index contributed by atoms with van der Waals surface area (Å²) in [5, 5.41) is 2.87. The monoisotopic (exact) mass is 405 g/mol. The van der Waals surface area contributed by atoms with E-state index in [9.17, 15) is 4.79 Å². The molecule has 5 heteroatoms. The predicted octanol–water partition coefficient (Wildman–Crippen LogP) is 4.55. The Bertz CT molecular complexity index is 703. The quantitative estimate of drug-likeness (QED) is 0.734. The van der Waals surface area contributed by atoms with E-state index in [1.807, 2.05) is 64.1 Å². The minimum absolute atomic E-state index is 0.00213. The smallest absolute Gasteiger partial charge is 0.258 e. The Hall–Kier alpha value is -2.01. The molecular formula is C20H24BrNO3. The van der Waals surface area contributed by atoms with Crippen molar-refractivity contribution in [1.29, 1.82) is 0 Å². The van der Waals surface area contributed by atoms with Crippen LogP contribution in [-0.2, 0) is 11.3 Å². The molecule has 0 spiro atoms. The molecule has 0 saturated carbocycles. The summed E-state index contributed by atoms with van der Waals surface area (Å²) in [5.74, 6) is 1.44. The second kappa shape index (κ2) is 8.90. The van der Waals surface area contributed by atoms with Gasteiger partial charge in [-0.05, 0) is 68.7 Å². The van der Waals surface area contributed by atoms with Crippen LogP contribution >= 0.6 is 15.9 Å². The molecule has 4 nitrogen and oxygen atoms in total. The zero-order valence-corrected chi connectivity index (χ0v) is 16.6. The minimum Gasteiger partial charge on any atom is -0.491 e. The number of aryl methyl sites for hydroxylation is 2. The topological polar surface area (TPSA) is 47.6 Å². The first-order valence-electron chi connectivity index (χ1n) is 8.27. The number of nitrogens with one attached hydrogen (secondary N) is 1. The van der Waals surface area contributed by atoms with Gasteiger partial charge in [-0.1, -0.05) is 28.1 Å². The fraction of sp³-hybridized carbons (Fsp3) is 0.350. The van der Waals surface area contributed by atoms with Gasteiger partial charge in [0.25, 0.3) is 5.91 Å². The summed E-state index contributed by atoms with van der Waals surface area (Å²) in [6.45, 7) is 8.36. The predicted molar refractivity (Wildman–Crippen MR) is 103 cm³/mol. The Morgan fingerprint density at radius 3 is 2.28 bits per heavy atom. The first-order chi connectivity index (χ1) is 11.8. The lowest BCUT2D eigenvalue weighted by molar-refractivity contribution is -0.123. The third kappa shape index (κ3) is 6.09. The minimum atomic E-state index is -0.149. The SMILES string of the molecule is Cc1cc(Br)cc(C)c1OCC(=O)NCc1ccc(OC(C)C)cc1. The van der Waals surface area contributed by atoms with Crippen LogP contribution in [0.3, 0.4) is 0 Å². The molecule has 0 saturated heterocycles. The van der Waals surface area contributed by atoms with Gasteiger partial charge >= 0.3 is 0 Å². The normalized spacial score (nSPS) is 10.6. The lowest BCUT2D eigenvalue weighted by atomic mass is 10.1. The van der Waals surface area contributed by atoms with E-state index in [1.54, 1.807) is 0 Å². The van der Waals surface area contributed by atoms with Gasteiger partial charge in [0.15, 0.2) is 6.61 Å². The molecule has 1 amide bonds. The number of hydrogen-bond donors (Lipinski definition) is 1. The van der Waals surface area contributed by atoms with Crippen LogP contribution in [0.25, 0.3) is 0 Å². The molecule has 0 aromatic heterocycles. The Labute approximate surface area is 157 Å². The Kier molecular flexibility index (Phi) is 6.88. The van der Waals surface area contributed by atoms with Gasteiger partial charge in [-0.3, -0.25) is 4.79 Å².